The van der Waals surface area contributed by atoms with Gasteiger partial charge in [-0.25, -0.2) is 0 Å². The highest BCUT2D eigenvalue weighted by Crippen LogP contribution is 2.27. The lowest BCUT2D eigenvalue weighted by atomic mass is 10.1. The summed E-state index contributed by atoms with van der Waals surface area (Å²) in [6, 6.07) is 7.81. The number of hydrogen-bond donors (Lipinski definition) is 2. The average molecular weight is 354 g/mol. The minimum absolute atomic E-state index is 0.260. The Morgan fingerprint density at radius 2 is 2.19 bits per heavy atom. The molecule has 0 aliphatic carbocycles. The van der Waals surface area contributed by atoms with Gasteiger partial charge in [0.2, 0.25) is 0 Å². The molecule has 0 saturated carbocycles. The molecule has 0 amide bonds. The first-order valence-corrected chi connectivity index (χ1v) is 7.64. The molecule has 1 aromatic heterocycles. The summed E-state index contributed by atoms with van der Waals surface area (Å²) in [4.78, 5) is 0. The van der Waals surface area contributed by atoms with Crippen molar-refractivity contribution in [3.8, 4) is 0 Å². The Hall–Kier alpha value is -1.30. The van der Waals surface area contributed by atoms with Crippen molar-refractivity contribution in [2.75, 3.05) is 18.5 Å². The molecule has 0 saturated heterocycles. The van der Waals surface area contributed by atoms with Gasteiger partial charge in [-0.1, -0.05) is 6.07 Å². The standard InChI is InChI=1S/C16H20BrNO3/c1-11-6-12(2)16(15(17)7-11)18-8-13(19)9-20-10-14-4-3-5-21-14/h3-7,13,18-19H,8-10H2,1-2H3. The van der Waals surface area contributed by atoms with Gasteiger partial charge in [0.15, 0.2) is 0 Å². The normalized spacial score (nSPS) is 12.4. The second-order valence-corrected chi connectivity index (χ2v) is 5.92. The summed E-state index contributed by atoms with van der Waals surface area (Å²) in [6.07, 6.45) is 1.03. The van der Waals surface area contributed by atoms with Gasteiger partial charge in [-0.05, 0) is 59.1 Å². The van der Waals surface area contributed by atoms with Crippen molar-refractivity contribution in [1.29, 1.82) is 0 Å². The molecule has 0 fully saturated rings. The van der Waals surface area contributed by atoms with Crippen molar-refractivity contribution >= 4 is 21.6 Å². The molecule has 0 aliphatic heterocycles. The molecule has 0 bridgehead atoms. The first kappa shape index (κ1) is 16.1. The molecule has 1 aromatic carbocycles. The lowest BCUT2D eigenvalue weighted by Crippen LogP contribution is -2.25. The summed E-state index contributed by atoms with van der Waals surface area (Å²) in [5.41, 5.74) is 3.35. The highest BCUT2D eigenvalue weighted by atomic mass is 79.9. The van der Waals surface area contributed by atoms with Crippen LogP contribution in [0.25, 0.3) is 0 Å². The van der Waals surface area contributed by atoms with Crippen molar-refractivity contribution in [3.05, 3.63) is 51.9 Å². The molecule has 0 aliphatic rings. The molecular weight excluding hydrogens is 334 g/mol. The van der Waals surface area contributed by atoms with Crippen LogP contribution in [0.2, 0.25) is 0 Å². The maximum atomic E-state index is 9.94. The van der Waals surface area contributed by atoms with E-state index in [1.807, 2.05) is 19.1 Å². The molecule has 1 unspecified atom stereocenters. The van der Waals surface area contributed by atoms with E-state index in [4.69, 9.17) is 9.15 Å². The van der Waals surface area contributed by atoms with Crippen molar-refractivity contribution in [2.45, 2.75) is 26.6 Å². The molecule has 5 heteroatoms. The topological polar surface area (TPSA) is 54.6 Å². The number of benzene rings is 1. The summed E-state index contributed by atoms with van der Waals surface area (Å²) in [6.45, 7) is 5.16. The maximum absolute atomic E-state index is 9.94. The van der Waals surface area contributed by atoms with E-state index in [2.05, 4.69) is 40.3 Å². The Kier molecular flexibility index (Phi) is 5.85. The van der Waals surface area contributed by atoms with Crippen LogP contribution >= 0.6 is 15.9 Å². The van der Waals surface area contributed by atoms with Crippen LogP contribution in [0.15, 0.2) is 39.4 Å². The molecule has 114 valence electrons. The third kappa shape index (κ3) is 4.88. The number of hydrogen-bond acceptors (Lipinski definition) is 4. The van der Waals surface area contributed by atoms with Crippen LogP contribution < -0.4 is 5.32 Å². The largest absolute Gasteiger partial charge is 0.467 e. The molecule has 4 nitrogen and oxygen atoms in total. The Morgan fingerprint density at radius 1 is 1.38 bits per heavy atom. The van der Waals surface area contributed by atoms with Crippen LogP contribution in [0.1, 0.15) is 16.9 Å². The Bertz CT molecular complexity index is 546. The van der Waals surface area contributed by atoms with Crippen LogP contribution in [0, 0.1) is 13.8 Å². The van der Waals surface area contributed by atoms with Crippen LogP contribution in [0.5, 0.6) is 0 Å². The monoisotopic (exact) mass is 353 g/mol. The van der Waals surface area contributed by atoms with Gasteiger partial charge in [-0.3, -0.25) is 0 Å². The Morgan fingerprint density at radius 3 is 2.86 bits per heavy atom. The maximum Gasteiger partial charge on any atom is 0.129 e. The fraction of sp³-hybridized carbons (Fsp3) is 0.375. The number of aliphatic hydroxyl groups excluding tert-OH is 1. The molecular formula is C16H20BrNO3. The predicted molar refractivity (Wildman–Crippen MR) is 86.5 cm³/mol. The highest BCUT2D eigenvalue weighted by molar-refractivity contribution is 9.10. The van der Waals surface area contributed by atoms with Crippen molar-refractivity contribution in [1.82, 2.24) is 0 Å². The van der Waals surface area contributed by atoms with Crippen molar-refractivity contribution in [3.63, 3.8) is 0 Å². The Labute approximate surface area is 133 Å². The molecule has 2 N–H and O–H groups in total. The number of ether oxygens (including phenoxy) is 1. The Balaban J connectivity index is 1.77. The smallest absolute Gasteiger partial charge is 0.129 e. The van der Waals surface area contributed by atoms with E-state index in [0.717, 1.165) is 21.5 Å². The van der Waals surface area contributed by atoms with Gasteiger partial charge in [-0.2, -0.15) is 0 Å². The van der Waals surface area contributed by atoms with Crippen LogP contribution in [0.3, 0.4) is 0 Å². The number of furan rings is 1. The molecule has 0 radical (unpaired) electrons. The number of anilines is 1. The summed E-state index contributed by atoms with van der Waals surface area (Å²) in [7, 11) is 0. The fourth-order valence-electron chi connectivity index (χ4n) is 2.11. The molecule has 1 atom stereocenters. The second kappa shape index (κ2) is 7.64. The third-order valence-electron chi connectivity index (χ3n) is 3.08. The predicted octanol–water partition coefficient (Wildman–Crippen LogP) is 3.65. The minimum atomic E-state index is -0.576. The quantitative estimate of drug-likeness (QED) is 0.797. The van der Waals surface area contributed by atoms with Crippen LogP contribution in [-0.2, 0) is 11.3 Å². The van der Waals surface area contributed by atoms with E-state index >= 15 is 0 Å². The van der Waals surface area contributed by atoms with E-state index in [1.54, 1.807) is 6.26 Å². The average Bonchev–Trinajstić information content (AvgIpc) is 2.90. The van der Waals surface area contributed by atoms with E-state index in [0.29, 0.717) is 13.2 Å². The van der Waals surface area contributed by atoms with Crippen molar-refractivity contribution in [2.24, 2.45) is 0 Å². The van der Waals surface area contributed by atoms with Gasteiger partial charge in [0.1, 0.15) is 12.4 Å². The lowest BCUT2D eigenvalue weighted by Gasteiger charge is -2.16. The van der Waals surface area contributed by atoms with E-state index in [9.17, 15) is 5.11 Å². The van der Waals surface area contributed by atoms with Gasteiger partial charge in [0.25, 0.3) is 0 Å². The van der Waals surface area contributed by atoms with E-state index < -0.39 is 6.10 Å². The summed E-state index contributed by atoms with van der Waals surface area (Å²) < 4.78 is 11.6. The van der Waals surface area contributed by atoms with Crippen molar-refractivity contribution < 1.29 is 14.3 Å². The number of aryl methyl sites for hydroxylation is 2. The van der Waals surface area contributed by atoms with E-state index in [1.165, 1.54) is 5.56 Å². The molecule has 2 aromatic rings. The highest BCUT2D eigenvalue weighted by Gasteiger charge is 2.09. The van der Waals surface area contributed by atoms with Gasteiger partial charge in [-0.15, -0.1) is 0 Å². The zero-order chi connectivity index (χ0) is 15.2. The zero-order valence-corrected chi connectivity index (χ0v) is 13.8. The van der Waals surface area contributed by atoms with Crippen LogP contribution in [0.4, 0.5) is 5.69 Å². The molecule has 21 heavy (non-hydrogen) atoms. The fourth-order valence-corrected chi connectivity index (χ4v) is 2.92. The molecule has 2 rings (SSSR count). The van der Waals surface area contributed by atoms with Crippen LogP contribution in [-0.4, -0.2) is 24.4 Å². The summed E-state index contributed by atoms with van der Waals surface area (Å²) in [5, 5.41) is 13.2. The first-order chi connectivity index (χ1) is 10.1. The number of aliphatic hydroxyl groups is 1. The number of rotatable bonds is 7. The van der Waals surface area contributed by atoms with E-state index in [-0.39, 0.29) is 6.61 Å². The minimum Gasteiger partial charge on any atom is -0.467 e. The van der Waals surface area contributed by atoms with Gasteiger partial charge < -0.3 is 19.6 Å². The zero-order valence-electron chi connectivity index (χ0n) is 12.2. The van der Waals surface area contributed by atoms with Gasteiger partial charge >= 0.3 is 0 Å². The molecule has 1 heterocycles. The molecule has 0 spiro atoms. The summed E-state index contributed by atoms with van der Waals surface area (Å²) in [5.74, 6) is 0.757. The third-order valence-corrected chi connectivity index (χ3v) is 3.71. The van der Waals surface area contributed by atoms with Gasteiger partial charge in [0.05, 0.1) is 24.7 Å². The SMILES string of the molecule is Cc1cc(C)c(NCC(O)COCc2ccco2)c(Br)c1. The summed E-state index contributed by atoms with van der Waals surface area (Å²) >= 11 is 3.54. The lowest BCUT2D eigenvalue weighted by molar-refractivity contribution is 0.0282. The number of nitrogens with one attached hydrogen (secondary N) is 1. The number of halogens is 1. The first-order valence-electron chi connectivity index (χ1n) is 6.85. The van der Waals surface area contributed by atoms with Gasteiger partial charge in [0, 0.05) is 11.0 Å². The second-order valence-electron chi connectivity index (χ2n) is 5.07.